The predicted molar refractivity (Wildman–Crippen MR) is 82.6 cm³/mol. The first-order valence-corrected chi connectivity index (χ1v) is 7.73. The van der Waals surface area contributed by atoms with Crippen molar-refractivity contribution in [1.82, 2.24) is 10.2 Å². The molecule has 2 rings (SSSR count). The summed E-state index contributed by atoms with van der Waals surface area (Å²) >= 11 is 0. The van der Waals surface area contributed by atoms with Gasteiger partial charge in [-0.1, -0.05) is 44.2 Å². The zero-order chi connectivity index (χ0) is 13.7. The van der Waals surface area contributed by atoms with Crippen LogP contribution in [0, 0.1) is 0 Å². The number of nitrogens with one attached hydrogen (secondary N) is 1. The molecule has 2 nitrogen and oxygen atoms in total. The van der Waals surface area contributed by atoms with Crippen molar-refractivity contribution in [2.75, 3.05) is 19.6 Å². The molecule has 0 saturated carbocycles. The molecule has 1 saturated heterocycles. The van der Waals surface area contributed by atoms with Gasteiger partial charge in [-0.15, -0.1) is 0 Å². The molecule has 0 aliphatic carbocycles. The van der Waals surface area contributed by atoms with E-state index >= 15 is 0 Å². The molecule has 1 heterocycles. The third kappa shape index (κ3) is 4.05. The van der Waals surface area contributed by atoms with Crippen molar-refractivity contribution in [2.24, 2.45) is 0 Å². The maximum atomic E-state index is 3.59. The fourth-order valence-corrected chi connectivity index (χ4v) is 3.02. The second kappa shape index (κ2) is 7.06. The molecule has 1 N–H and O–H groups in total. The maximum Gasteiger partial charge on any atom is 0.0218 e. The van der Waals surface area contributed by atoms with E-state index in [0.717, 1.165) is 12.6 Å². The first-order valence-electron chi connectivity index (χ1n) is 7.73. The molecule has 0 spiro atoms. The van der Waals surface area contributed by atoms with Crippen molar-refractivity contribution < 1.29 is 0 Å². The Kier molecular flexibility index (Phi) is 5.41. The first-order chi connectivity index (χ1) is 9.20. The van der Waals surface area contributed by atoms with E-state index in [4.69, 9.17) is 0 Å². The molecule has 3 unspecified atom stereocenters. The lowest BCUT2D eigenvalue weighted by molar-refractivity contribution is 0.128. The van der Waals surface area contributed by atoms with Crippen LogP contribution in [-0.2, 0) is 0 Å². The summed E-state index contributed by atoms with van der Waals surface area (Å²) in [5.41, 5.74) is 1.47. The van der Waals surface area contributed by atoms with E-state index in [1.54, 1.807) is 0 Å². The van der Waals surface area contributed by atoms with E-state index in [-0.39, 0.29) is 0 Å². The highest BCUT2D eigenvalue weighted by atomic mass is 15.2. The van der Waals surface area contributed by atoms with Crippen LogP contribution in [0.2, 0.25) is 0 Å². The van der Waals surface area contributed by atoms with Crippen molar-refractivity contribution in [3.63, 3.8) is 0 Å². The molecule has 2 heteroatoms. The van der Waals surface area contributed by atoms with Crippen LogP contribution >= 0.6 is 0 Å². The molecule has 1 aliphatic rings. The monoisotopic (exact) mass is 260 g/mol. The van der Waals surface area contributed by atoms with Gasteiger partial charge < -0.3 is 5.32 Å². The molecular weight excluding hydrogens is 232 g/mol. The summed E-state index contributed by atoms with van der Waals surface area (Å²) < 4.78 is 0. The minimum Gasteiger partial charge on any atom is -0.311 e. The van der Waals surface area contributed by atoms with Gasteiger partial charge in [0.15, 0.2) is 0 Å². The van der Waals surface area contributed by atoms with Crippen LogP contribution in [0.5, 0.6) is 0 Å². The Morgan fingerprint density at radius 2 is 2.05 bits per heavy atom. The number of benzene rings is 1. The average molecular weight is 260 g/mol. The zero-order valence-electron chi connectivity index (χ0n) is 12.6. The molecule has 0 radical (unpaired) electrons. The summed E-state index contributed by atoms with van der Waals surface area (Å²) in [5, 5.41) is 3.59. The van der Waals surface area contributed by atoms with Crippen LogP contribution < -0.4 is 5.32 Å². The lowest BCUT2D eigenvalue weighted by Gasteiger charge is -2.39. The van der Waals surface area contributed by atoms with Crippen LogP contribution in [0.1, 0.15) is 45.1 Å². The third-order valence-electron chi connectivity index (χ3n) is 4.42. The van der Waals surface area contributed by atoms with Gasteiger partial charge in [-0.3, -0.25) is 4.90 Å². The van der Waals surface area contributed by atoms with Crippen LogP contribution in [0.4, 0.5) is 0 Å². The van der Waals surface area contributed by atoms with Gasteiger partial charge in [-0.25, -0.2) is 0 Å². The second-order valence-electron chi connectivity index (χ2n) is 5.97. The molecule has 1 aromatic carbocycles. The van der Waals surface area contributed by atoms with Crippen LogP contribution in [0.3, 0.4) is 0 Å². The van der Waals surface area contributed by atoms with Crippen molar-refractivity contribution in [1.29, 1.82) is 0 Å². The minimum atomic E-state index is 0.634. The summed E-state index contributed by atoms with van der Waals surface area (Å²) in [5.74, 6) is 0.656. The highest BCUT2D eigenvalue weighted by Gasteiger charge is 2.24. The molecule has 1 aromatic rings. The van der Waals surface area contributed by atoms with Gasteiger partial charge >= 0.3 is 0 Å². The fourth-order valence-electron chi connectivity index (χ4n) is 3.02. The van der Waals surface area contributed by atoms with E-state index in [1.807, 2.05) is 0 Å². The van der Waals surface area contributed by atoms with Crippen molar-refractivity contribution >= 4 is 0 Å². The Morgan fingerprint density at radius 3 is 2.74 bits per heavy atom. The molecule has 0 aromatic heterocycles. The summed E-state index contributed by atoms with van der Waals surface area (Å²) in [7, 11) is 0. The molecule has 0 bridgehead atoms. The Bertz CT molecular complexity index is 363. The molecule has 3 atom stereocenters. The fraction of sp³-hybridized carbons (Fsp3) is 0.647. The van der Waals surface area contributed by atoms with Crippen LogP contribution in [-0.4, -0.2) is 36.6 Å². The Hall–Kier alpha value is -0.860. The largest absolute Gasteiger partial charge is 0.311 e. The molecule has 0 amide bonds. The van der Waals surface area contributed by atoms with Gasteiger partial charge in [0, 0.05) is 25.2 Å². The number of piperazine rings is 1. The Balaban J connectivity index is 1.86. The van der Waals surface area contributed by atoms with Gasteiger partial charge in [-0.05, 0) is 37.8 Å². The summed E-state index contributed by atoms with van der Waals surface area (Å²) in [6, 6.07) is 12.3. The summed E-state index contributed by atoms with van der Waals surface area (Å²) in [6.45, 7) is 10.5. The molecule has 106 valence electrons. The van der Waals surface area contributed by atoms with E-state index in [2.05, 4.69) is 61.3 Å². The lowest BCUT2D eigenvalue weighted by Crippen LogP contribution is -2.55. The standard InChI is InChI=1S/C17H28N2/c1-4-17-12-18-15(3)13-19(17)11-10-14(2)16-8-6-5-7-9-16/h5-9,14-15,17-18H,4,10-13H2,1-3H3. The number of hydrogen-bond acceptors (Lipinski definition) is 2. The topological polar surface area (TPSA) is 15.3 Å². The Labute approximate surface area is 118 Å². The first kappa shape index (κ1) is 14.5. The van der Waals surface area contributed by atoms with Crippen molar-refractivity contribution in [2.45, 2.75) is 51.6 Å². The van der Waals surface area contributed by atoms with E-state index in [0.29, 0.717) is 12.0 Å². The van der Waals surface area contributed by atoms with Crippen molar-refractivity contribution in [3.8, 4) is 0 Å². The number of hydrogen-bond donors (Lipinski definition) is 1. The molecule has 19 heavy (non-hydrogen) atoms. The van der Waals surface area contributed by atoms with E-state index < -0.39 is 0 Å². The maximum absolute atomic E-state index is 3.59. The third-order valence-corrected chi connectivity index (χ3v) is 4.42. The van der Waals surface area contributed by atoms with Gasteiger partial charge in [0.1, 0.15) is 0 Å². The van der Waals surface area contributed by atoms with Crippen LogP contribution in [0.15, 0.2) is 30.3 Å². The van der Waals surface area contributed by atoms with Crippen LogP contribution in [0.25, 0.3) is 0 Å². The van der Waals surface area contributed by atoms with E-state index in [1.165, 1.54) is 31.5 Å². The molecule has 1 fully saturated rings. The smallest absolute Gasteiger partial charge is 0.0218 e. The van der Waals surface area contributed by atoms with Gasteiger partial charge in [-0.2, -0.15) is 0 Å². The highest BCUT2D eigenvalue weighted by molar-refractivity contribution is 5.18. The summed E-state index contributed by atoms with van der Waals surface area (Å²) in [4.78, 5) is 2.68. The Morgan fingerprint density at radius 1 is 1.32 bits per heavy atom. The zero-order valence-corrected chi connectivity index (χ0v) is 12.6. The quantitative estimate of drug-likeness (QED) is 0.874. The van der Waals surface area contributed by atoms with Gasteiger partial charge in [0.2, 0.25) is 0 Å². The number of nitrogens with zero attached hydrogens (tertiary/aromatic N) is 1. The normalized spacial score (nSPS) is 26.3. The highest BCUT2D eigenvalue weighted by Crippen LogP contribution is 2.20. The van der Waals surface area contributed by atoms with E-state index in [9.17, 15) is 0 Å². The van der Waals surface area contributed by atoms with Gasteiger partial charge in [0.25, 0.3) is 0 Å². The SMILES string of the molecule is CCC1CNC(C)CN1CCC(C)c1ccccc1. The predicted octanol–water partition coefficient (Wildman–Crippen LogP) is 3.25. The summed E-state index contributed by atoms with van der Waals surface area (Å²) in [6.07, 6.45) is 2.51. The van der Waals surface area contributed by atoms with Crippen molar-refractivity contribution in [3.05, 3.63) is 35.9 Å². The number of rotatable bonds is 5. The van der Waals surface area contributed by atoms with Gasteiger partial charge in [0.05, 0.1) is 0 Å². The molecular formula is C17H28N2. The lowest BCUT2D eigenvalue weighted by atomic mass is 9.96. The molecule has 1 aliphatic heterocycles. The average Bonchev–Trinajstić information content (AvgIpc) is 2.46. The minimum absolute atomic E-state index is 0.634. The second-order valence-corrected chi connectivity index (χ2v) is 5.97.